The van der Waals surface area contributed by atoms with Crippen LogP contribution in [0.3, 0.4) is 0 Å². The highest BCUT2D eigenvalue weighted by atomic mass is 32.1. The van der Waals surface area contributed by atoms with E-state index in [1.807, 2.05) is 12.4 Å². The van der Waals surface area contributed by atoms with Crippen molar-refractivity contribution in [2.45, 2.75) is 46.3 Å². The molecule has 2 unspecified atom stereocenters. The highest BCUT2D eigenvalue weighted by Crippen LogP contribution is 2.12. The molecule has 0 aliphatic heterocycles. The zero-order valence-electron chi connectivity index (χ0n) is 12.3. The third-order valence-corrected chi connectivity index (χ3v) is 4.30. The SMILES string of the molecule is Cc1ncsc1CCOCC(O)CNC(C)C(C)C. The van der Waals surface area contributed by atoms with E-state index in [0.29, 0.717) is 31.7 Å². The first kappa shape index (κ1) is 16.6. The van der Waals surface area contributed by atoms with Crippen molar-refractivity contribution in [3.05, 3.63) is 16.1 Å². The molecule has 0 saturated carbocycles. The average molecular weight is 286 g/mol. The Hall–Kier alpha value is -0.490. The van der Waals surface area contributed by atoms with Crippen LogP contribution in [0.4, 0.5) is 0 Å². The number of hydrogen-bond donors (Lipinski definition) is 2. The lowest BCUT2D eigenvalue weighted by Crippen LogP contribution is -2.38. The van der Waals surface area contributed by atoms with E-state index >= 15 is 0 Å². The Morgan fingerprint density at radius 2 is 2.16 bits per heavy atom. The Balaban J connectivity index is 2.07. The standard InChI is InChI=1S/C14H26N2O2S/c1-10(2)11(3)15-7-13(17)8-18-6-5-14-12(4)16-9-19-14/h9-11,13,15,17H,5-8H2,1-4H3. The summed E-state index contributed by atoms with van der Waals surface area (Å²) < 4.78 is 5.51. The Labute approximate surface area is 120 Å². The van der Waals surface area contributed by atoms with Gasteiger partial charge in [0.05, 0.1) is 30.5 Å². The largest absolute Gasteiger partial charge is 0.389 e. The smallest absolute Gasteiger partial charge is 0.0897 e. The molecule has 0 fully saturated rings. The molecule has 0 aliphatic carbocycles. The van der Waals surface area contributed by atoms with Crippen LogP contribution in [0.1, 0.15) is 31.3 Å². The summed E-state index contributed by atoms with van der Waals surface area (Å²) in [5.41, 5.74) is 2.94. The molecule has 19 heavy (non-hydrogen) atoms. The second kappa shape index (κ2) is 8.64. The van der Waals surface area contributed by atoms with Gasteiger partial charge in [-0.2, -0.15) is 0 Å². The van der Waals surface area contributed by atoms with Crippen molar-refractivity contribution in [3.8, 4) is 0 Å². The van der Waals surface area contributed by atoms with Gasteiger partial charge in [-0.25, -0.2) is 4.98 Å². The molecule has 0 radical (unpaired) electrons. The monoisotopic (exact) mass is 286 g/mol. The highest BCUT2D eigenvalue weighted by Gasteiger charge is 2.10. The molecule has 0 spiro atoms. The summed E-state index contributed by atoms with van der Waals surface area (Å²) in [6, 6.07) is 0.412. The second-order valence-electron chi connectivity index (χ2n) is 5.28. The number of thiazole rings is 1. The zero-order chi connectivity index (χ0) is 14.3. The van der Waals surface area contributed by atoms with Crippen molar-refractivity contribution in [3.63, 3.8) is 0 Å². The molecule has 1 heterocycles. The van der Waals surface area contributed by atoms with Crippen LogP contribution in [0.5, 0.6) is 0 Å². The maximum Gasteiger partial charge on any atom is 0.0897 e. The molecular formula is C14H26N2O2S. The summed E-state index contributed by atoms with van der Waals surface area (Å²) in [6.45, 7) is 10.1. The lowest BCUT2D eigenvalue weighted by atomic mass is 10.1. The minimum Gasteiger partial charge on any atom is -0.389 e. The van der Waals surface area contributed by atoms with E-state index in [2.05, 4.69) is 31.1 Å². The lowest BCUT2D eigenvalue weighted by Gasteiger charge is -2.19. The van der Waals surface area contributed by atoms with Crippen LogP contribution in [0, 0.1) is 12.8 Å². The van der Waals surface area contributed by atoms with E-state index in [-0.39, 0.29) is 0 Å². The molecule has 0 amide bonds. The van der Waals surface area contributed by atoms with Crippen LogP contribution in [-0.2, 0) is 11.2 Å². The van der Waals surface area contributed by atoms with E-state index in [4.69, 9.17) is 4.74 Å². The summed E-state index contributed by atoms with van der Waals surface area (Å²) in [5.74, 6) is 0.572. The van der Waals surface area contributed by atoms with E-state index in [0.717, 1.165) is 12.1 Å². The van der Waals surface area contributed by atoms with Crippen molar-refractivity contribution >= 4 is 11.3 Å². The van der Waals surface area contributed by atoms with Gasteiger partial charge in [-0.05, 0) is 19.8 Å². The van der Waals surface area contributed by atoms with Crippen LogP contribution < -0.4 is 5.32 Å². The average Bonchev–Trinajstić information content (AvgIpc) is 2.77. The van der Waals surface area contributed by atoms with Crippen molar-refractivity contribution in [1.29, 1.82) is 0 Å². The summed E-state index contributed by atoms with van der Waals surface area (Å²) in [7, 11) is 0. The van der Waals surface area contributed by atoms with Crippen molar-refractivity contribution < 1.29 is 9.84 Å². The molecule has 4 nitrogen and oxygen atoms in total. The molecule has 1 aromatic heterocycles. The first-order chi connectivity index (χ1) is 9.00. The number of hydrogen-bond acceptors (Lipinski definition) is 5. The fourth-order valence-electron chi connectivity index (χ4n) is 1.57. The van der Waals surface area contributed by atoms with Gasteiger partial charge in [-0.3, -0.25) is 0 Å². The highest BCUT2D eigenvalue weighted by molar-refractivity contribution is 7.09. The third-order valence-electron chi connectivity index (χ3n) is 3.30. The van der Waals surface area contributed by atoms with Gasteiger partial charge in [0.25, 0.3) is 0 Å². The maximum absolute atomic E-state index is 9.79. The summed E-state index contributed by atoms with van der Waals surface area (Å²) in [6.07, 6.45) is 0.433. The fourth-order valence-corrected chi connectivity index (χ4v) is 2.33. The summed E-state index contributed by atoms with van der Waals surface area (Å²) in [5, 5.41) is 13.1. The normalized spacial score (nSPS) is 14.8. The number of aliphatic hydroxyl groups is 1. The van der Waals surface area contributed by atoms with Gasteiger partial charge in [0.2, 0.25) is 0 Å². The molecule has 2 N–H and O–H groups in total. The van der Waals surface area contributed by atoms with Gasteiger partial charge in [-0.1, -0.05) is 13.8 Å². The van der Waals surface area contributed by atoms with Gasteiger partial charge >= 0.3 is 0 Å². The van der Waals surface area contributed by atoms with Crippen LogP contribution in [0.15, 0.2) is 5.51 Å². The molecule has 0 saturated heterocycles. The van der Waals surface area contributed by atoms with E-state index < -0.39 is 6.10 Å². The number of rotatable bonds is 9. The first-order valence-electron chi connectivity index (χ1n) is 6.88. The molecule has 2 atom stereocenters. The number of ether oxygens (including phenoxy) is 1. The topological polar surface area (TPSA) is 54.4 Å². The number of nitrogens with one attached hydrogen (secondary N) is 1. The van der Waals surface area contributed by atoms with E-state index in [1.165, 1.54) is 4.88 Å². The zero-order valence-corrected chi connectivity index (χ0v) is 13.2. The molecule has 0 bridgehead atoms. The Bertz CT molecular complexity index is 355. The van der Waals surface area contributed by atoms with Gasteiger partial charge in [0, 0.05) is 23.9 Å². The molecule has 110 valence electrons. The fraction of sp³-hybridized carbons (Fsp3) is 0.786. The molecule has 1 aromatic rings. The van der Waals surface area contributed by atoms with Crippen LogP contribution in [0.25, 0.3) is 0 Å². The first-order valence-corrected chi connectivity index (χ1v) is 7.76. The van der Waals surface area contributed by atoms with Gasteiger partial charge < -0.3 is 15.2 Å². The number of nitrogens with zero attached hydrogens (tertiary/aromatic N) is 1. The van der Waals surface area contributed by atoms with Gasteiger partial charge in [0.1, 0.15) is 0 Å². The van der Waals surface area contributed by atoms with Gasteiger partial charge in [0.15, 0.2) is 0 Å². The van der Waals surface area contributed by atoms with E-state index in [9.17, 15) is 5.11 Å². The minimum atomic E-state index is -0.441. The second-order valence-corrected chi connectivity index (χ2v) is 6.22. The number of aryl methyl sites for hydroxylation is 1. The van der Waals surface area contributed by atoms with Crippen molar-refractivity contribution in [2.24, 2.45) is 5.92 Å². The Kier molecular flexibility index (Phi) is 7.53. The molecule has 1 rings (SSSR count). The van der Waals surface area contributed by atoms with Crippen molar-refractivity contribution in [2.75, 3.05) is 19.8 Å². The Morgan fingerprint density at radius 1 is 1.42 bits per heavy atom. The quantitative estimate of drug-likeness (QED) is 0.682. The summed E-state index contributed by atoms with van der Waals surface area (Å²) in [4.78, 5) is 5.46. The minimum absolute atomic E-state index is 0.385. The van der Waals surface area contributed by atoms with Gasteiger partial charge in [-0.15, -0.1) is 11.3 Å². The summed E-state index contributed by atoms with van der Waals surface area (Å²) >= 11 is 1.66. The molecule has 0 aromatic carbocycles. The predicted octanol–water partition coefficient (Wildman–Crippen LogP) is 2.01. The third kappa shape index (κ3) is 6.47. The van der Waals surface area contributed by atoms with E-state index in [1.54, 1.807) is 11.3 Å². The van der Waals surface area contributed by atoms with Crippen LogP contribution in [-0.4, -0.2) is 42.0 Å². The molecular weight excluding hydrogens is 260 g/mol. The number of aromatic nitrogens is 1. The maximum atomic E-state index is 9.79. The van der Waals surface area contributed by atoms with Crippen LogP contribution >= 0.6 is 11.3 Å². The molecule has 0 aliphatic rings. The van der Waals surface area contributed by atoms with Crippen LogP contribution in [0.2, 0.25) is 0 Å². The van der Waals surface area contributed by atoms with Crippen molar-refractivity contribution in [1.82, 2.24) is 10.3 Å². The molecule has 5 heteroatoms. The Morgan fingerprint density at radius 3 is 2.74 bits per heavy atom. The predicted molar refractivity (Wildman–Crippen MR) is 79.7 cm³/mol. The lowest BCUT2D eigenvalue weighted by molar-refractivity contribution is 0.0366. The number of aliphatic hydroxyl groups excluding tert-OH is 1.